The molecule has 172 valence electrons. The fraction of sp³-hybridized carbons (Fsp3) is 0.222. The normalized spacial score (nSPS) is 11.1. The second-order valence-electron chi connectivity index (χ2n) is 5.10. The lowest BCUT2D eigenvalue weighted by atomic mass is 10.3. The molecule has 0 heterocycles. The monoisotopic (exact) mass is 696 g/mol. The van der Waals surface area contributed by atoms with Crippen molar-refractivity contribution in [2.45, 2.75) is 12.7 Å². The van der Waals surface area contributed by atoms with E-state index in [2.05, 4.69) is 16.1 Å². The predicted molar refractivity (Wildman–Crippen MR) is 119 cm³/mol. The summed E-state index contributed by atoms with van der Waals surface area (Å²) in [6.07, 6.45) is -8.16. The molecule has 2 aromatic carbocycles. The molecule has 0 amide bonds. The fourth-order valence-corrected chi connectivity index (χ4v) is 3.14. The van der Waals surface area contributed by atoms with Gasteiger partial charge in [0.15, 0.2) is 0 Å². The van der Waals surface area contributed by atoms with Gasteiger partial charge in [0.2, 0.25) is 0 Å². The van der Waals surface area contributed by atoms with E-state index in [1.54, 1.807) is 0 Å². The first-order chi connectivity index (χ1) is 14.3. The summed E-state index contributed by atoms with van der Waals surface area (Å²) in [6, 6.07) is 7.64. The lowest BCUT2D eigenvalue weighted by Gasteiger charge is -2.11. The molecule has 0 aliphatic heterocycles. The second-order valence-corrected chi connectivity index (χ2v) is 7.80. The minimum atomic E-state index is -4.68. The van der Waals surface area contributed by atoms with Crippen LogP contribution in [0, 0.1) is 7.14 Å². The number of halogens is 9. The quantitative estimate of drug-likeness (QED) is 0.130. The zero-order chi connectivity index (χ0) is 23.7. The Morgan fingerprint density at radius 3 is 1.65 bits per heavy atom. The molecule has 2 aromatic rings. The Bertz CT molecular complexity index is 862. The topological polar surface area (TPSA) is 36.9 Å². The van der Waals surface area contributed by atoms with E-state index in [-0.39, 0.29) is 11.5 Å². The summed E-state index contributed by atoms with van der Waals surface area (Å²) in [5, 5.41) is 0. The van der Waals surface area contributed by atoms with Gasteiger partial charge in [-0.15, -0.1) is 37.9 Å². The third kappa shape index (κ3) is 11.8. The van der Waals surface area contributed by atoms with Gasteiger partial charge in [0.1, 0.15) is 29.6 Å². The van der Waals surface area contributed by atoms with Crippen molar-refractivity contribution in [3.05, 3.63) is 56.4 Å². The highest BCUT2D eigenvalue weighted by atomic mass is 127. The average Bonchev–Trinajstić information content (AvgIpc) is 2.61. The van der Waals surface area contributed by atoms with Gasteiger partial charge in [-0.3, -0.25) is 0 Å². The van der Waals surface area contributed by atoms with Crippen LogP contribution in [0.15, 0.2) is 49.2 Å². The molecule has 0 unspecified atom stereocenters. The van der Waals surface area contributed by atoms with Crippen LogP contribution in [0.2, 0.25) is 0 Å². The molecule has 4 nitrogen and oxygen atoms in total. The molecule has 0 aliphatic rings. The molecule has 0 atom stereocenters. The summed E-state index contributed by atoms with van der Waals surface area (Å²) in [4.78, 5) is 0. The van der Waals surface area contributed by atoms with Crippen LogP contribution in [0.4, 0.5) is 26.3 Å². The molecule has 0 spiro atoms. The van der Waals surface area contributed by atoms with Crippen molar-refractivity contribution in [3.8, 4) is 23.0 Å². The fourth-order valence-electron chi connectivity index (χ4n) is 1.81. The van der Waals surface area contributed by atoms with Crippen molar-refractivity contribution in [3.63, 3.8) is 0 Å². The van der Waals surface area contributed by atoms with E-state index < -0.39 is 12.7 Å². The van der Waals surface area contributed by atoms with Crippen molar-refractivity contribution in [2.75, 3.05) is 12.5 Å². The van der Waals surface area contributed by atoms with Crippen molar-refractivity contribution in [1.29, 1.82) is 0 Å². The Morgan fingerprint density at radius 2 is 1.29 bits per heavy atom. The van der Waals surface area contributed by atoms with E-state index >= 15 is 0 Å². The molecule has 13 heteroatoms. The first-order valence-electron chi connectivity index (χ1n) is 7.91. The Kier molecular flexibility index (Phi) is 11.3. The van der Waals surface area contributed by atoms with E-state index in [9.17, 15) is 26.3 Å². The summed E-state index contributed by atoms with van der Waals surface area (Å²) in [7, 11) is 0. The van der Waals surface area contributed by atoms with Crippen LogP contribution in [-0.4, -0.2) is 25.2 Å². The standard InChI is InChI=1S/C9H7ClF3IO2.C9H6F3IO2/c10-3-4-15-8-2-1-6(5-7(8)14)16-9(11,12)13;1-2-14-8-4-3-6(5-7(8)13)15-9(10,11)12/h1-2,5H,3-4H2;2-5H,1H2. The molecule has 0 aliphatic carbocycles. The minimum Gasteiger partial charge on any atom is -0.491 e. The van der Waals surface area contributed by atoms with Gasteiger partial charge in [-0.2, -0.15) is 0 Å². The largest absolute Gasteiger partial charge is 0.573 e. The predicted octanol–water partition coefficient (Wildman–Crippen LogP) is 7.52. The maximum absolute atomic E-state index is 11.9. The van der Waals surface area contributed by atoms with Gasteiger partial charge in [0.25, 0.3) is 0 Å². The third-order valence-corrected chi connectivity index (χ3v) is 4.66. The molecule has 0 bridgehead atoms. The van der Waals surface area contributed by atoms with Gasteiger partial charge in [-0.05, 0) is 81.6 Å². The van der Waals surface area contributed by atoms with Crippen LogP contribution in [0.1, 0.15) is 0 Å². The molecule has 0 saturated heterocycles. The van der Waals surface area contributed by atoms with Gasteiger partial charge in [0, 0.05) is 0 Å². The Balaban J connectivity index is 0.000000311. The van der Waals surface area contributed by atoms with Crippen LogP contribution in [0.5, 0.6) is 23.0 Å². The Morgan fingerprint density at radius 1 is 0.839 bits per heavy atom. The number of rotatable bonds is 7. The maximum atomic E-state index is 11.9. The van der Waals surface area contributed by atoms with E-state index in [0.29, 0.717) is 31.1 Å². The molecule has 0 fully saturated rings. The molecule has 0 aromatic heterocycles. The van der Waals surface area contributed by atoms with Gasteiger partial charge < -0.3 is 18.9 Å². The van der Waals surface area contributed by atoms with Crippen LogP contribution < -0.4 is 18.9 Å². The number of alkyl halides is 7. The highest BCUT2D eigenvalue weighted by Gasteiger charge is 2.32. The van der Waals surface area contributed by atoms with Crippen molar-refractivity contribution >= 4 is 56.8 Å². The number of ether oxygens (including phenoxy) is 4. The first kappa shape index (κ1) is 27.7. The van der Waals surface area contributed by atoms with Crippen LogP contribution in [0.3, 0.4) is 0 Å². The van der Waals surface area contributed by atoms with Crippen molar-refractivity contribution in [1.82, 2.24) is 0 Å². The van der Waals surface area contributed by atoms with Crippen LogP contribution in [0.25, 0.3) is 0 Å². The van der Waals surface area contributed by atoms with Crippen LogP contribution >= 0.6 is 56.8 Å². The first-order valence-corrected chi connectivity index (χ1v) is 10.6. The zero-order valence-electron chi connectivity index (χ0n) is 15.2. The van der Waals surface area contributed by atoms with E-state index in [0.717, 1.165) is 0 Å². The van der Waals surface area contributed by atoms with Crippen LogP contribution in [-0.2, 0) is 0 Å². The summed E-state index contributed by atoms with van der Waals surface area (Å²) in [5.74, 6) is 0.686. The van der Waals surface area contributed by atoms with Gasteiger partial charge >= 0.3 is 12.7 Å². The summed E-state index contributed by atoms with van der Waals surface area (Å²) < 4.78 is 89.9. The molecule has 0 radical (unpaired) electrons. The summed E-state index contributed by atoms with van der Waals surface area (Å²) >= 11 is 9.12. The average molecular weight is 697 g/mol. The molecule has 0 N–H and O–H groups in total. The van der Waals surface area contributed by atoms with E-state index in [1.807, 2.05) is 45.2 Å². The molecular formula is C18H13ClF6I2O4. The summed E-state index contributed by atoms with van der Waals surface area (Å²) in [5.41, 5.74) is 0. The summed E-state index contributed by atoms with van der Waals surface area (Å²) in [6.45, 7) is 3.64. The number of hydrogen-bond acceptors (Lipinski definition) is 4. The second kappa shape index (κ2) is 12.7. The molecular weight excluding hydrogens is 683 g/mol. The molecule has 31 heavy (non-hydrogen) atoms. The molecule has 2 rings (SSSR count). The number of hydrogen-bond donors (Lipinski definition) is 0. The highest BCUT2D eigenvalue weighted by molar-refractivity contribution is 14.1. The zero-order valence-corrected chi connectivity index (χ0v) is 20.3. The van der Waals surface area contributed by atoms with E-state index in [4.69, 9.17) is 21.1 Å². The Hall–Kier alpha value is -1.29. The lowest BCUT2D eigenvalue weighted by molar-refractivity contribution is -0.275. The third-order valence-electron chi connectivity index (χ3n) is 2.82. The van der Waals surface area contributed by atoms with Gasteiger partial charge in [0.05, 0.1) is 19.3 Å². The van der Waals surface area contributed by atoms with Gasteiger partial charge in [-0.1, -0.05) is 6.58 Å². The maximum Gasteiger partial charge on any atom is 0.573 e. The smallest absolute Gasteiger partial charge is 0.491 e. The molecule has 0 saturated carbocycles. The van der Waals surface area contributed by atoms with Crippen molar-refractivity contribution < 1.29 is 45.3 Å². The van der Waals surface area contributed by atoms with Gasteiger partial charge in [-0.25, -0.2) is 0 Å². The van der Waals surface area contributed by atoms with Crippen molar-refractivity contribution in [2.24, 2.45) is 0 Å². The SMILES string of the molecule is C=COc1ccc(OC(F)(F)F)cc1I.FC(F)(F)Oc1ccc(OCCCl)c(I)c1. The number of benzene rings is 2. The minimum absolute atomic E-state index is 0.268. The van der Waals surface area contributed by atoms with E-state index in [1.165, 1.54) is 42.7 Å². The lowest BCUT2D eigenvalue weighted by Crippen LogP contribution is -2.17. The highest BCUT2D eigenvalue weighted by Crippen LogP contribution is 2.30. The Labute approximate surface area is 205 Å².